The Morgan fingerprint density at radius 3 is 2.07 bits per heavy atom. The van der Waals surface area contributed by atoms with Crippen LogP contribution in [0.2, 0.25) is 0 Å². The number of likely N-dealkylation sites (N-methyl/N-ethyl adjacent to an activating group) is 3. The van der Waals surface area contributed by atoms with Crippen LogP contribution < -0.4 is 4.90 Å². The molecule has 5 nitrogen and oxygen atoms in total. The number of hydrogen-bond acceptors (Lipinski definition) is 4. The molecule has 0 spiro atoms. The molecule has 0 unspecified atom stereocenters. The van der Waals surface area contributed by atoms with E-state index >= 15 is 0 Å². The van der Waals surface area contributed by atoms with Crippen LogP contribution in [0.1, 0.15) is 33.3 Å². The predicted molar refractivity (Wildman–Crippen MR) is 111 cm³/mol. The fraction of sp³-hybridized carbons (Fsp3) is 0.381. The van der Waals surface area contributed by atoms with E-state index in [0.717, 1.165) is 11.4 Å². The van der Waals surface area contributed by atoms with Gasteiger partial charge in [0.25, 0.3) is 11.8 Å². The standard InChI is InChI=1S/C21H25N3O2S/c1-6-23-18(25)14(19(26)24(7-2)20(23)27)12-13-17-21(3,4)15-10-8-9-11-16(15)22(17)5/h8-13H,6-7H2,1-5H3/b17-13-. The normalized spacial score (nSPS) is 20.6. The first kappa shape index (κ1) is 19.3. The summed E-state index contributed by atoms with van der Waals surface area (Å²) in [5.41, 5.74) is 3.34. The molecule has 1 aromatic carbocycles. The predicted octanol–water partition coefficient (Wildman–Crippen LogP) is 3.22. The number of benzene rings is 1. The third kappa shape index (κ3) is 2.88. The number of carbonyl (C=O) groups is 2. The molecule has 0 saturated carbocycles. The Hall–Kier alpha value is -2.47. The molecular formula is C21H25N3O2S. The number of nitrogens with zero attached hydrogens (tertiary/aromatic N) is 3. The Kier molecular flexibility index (Phi) is 4.95. The molecule has 1 saturated heterocycles. The van der Waals surface area contributed by atoms with Crippen LogP contribution in [0.3, 0.4) is 0 Å². The van der Waals surface area contributed by atoms with Crippen LogP contribution in [0.25, 0.3) is 0 Å². The highest BCUT2D eigenvalue weighted by molar-refractivity contribution is 7.80. The van der Waals surface area contributed by atoms with Gasteiger partial charge < -0.3 is 4.90 Å². The largest absolute Gasteiger partial charge is 0.347 e. The Balaban J connectivity index is 2.05. The topological polar surface area (TPSA) is 43.9 Å². The van der Waals surface area contributed by atoms with Crippen LogP contribution in [-0.4, -0.2) is 46.9 Å². The van der Waals surface area contributed by atoms with E-state index in [1.54, 1.807) is 6.08 Å². The Morgan fingerprint density at radius 1 is 1.00 bits per heavy atom. The second-order valence-electron chi connectivity index (χ2n) is 7.21. The van der Waals surface area contributed by atoms with Gasteiger partial charge in [0.1, 0.15) is 5.57 Å². The number of allylic oxidation sites excluding steroid dienone is 3. The summed E-state index contributed by atoms with van der Waals surface area (Å²) >= 11 is 5.31. The van der Waals surface area contributed by atoms with Crippen molar-refractivity contribution in [1.29, 1.82) is 0 Å². The minimum atomic E-state index is -0.329. The lowest BCUT2D eigenvalue weighted by Gasteiger charge is -2.35. The van der Waals surface area contributed by atoms with E-state index < -0.39 is 0 Å². The summed E-state index contributed by atoms with van der Waals surface area (Å²) in [4.78, 5) is 30.6. The van der Waals surface area contributed by atoms with E-state index in [0.29, 0.717) is 13.1 Å². The number of anilines is 1. The summed E-state index contributed by atoms with van der Waals surface area (Å²) in [6.45, 7) is 8.88. The second-order valence-corrected chi connectivity index (χ2v) is 7.58. The van der Waals surface area contributed by atoms with E-state index in [-0.39, 0.29) is 27.9 Å². The summed E-state index contributed by atoms with van der Waals surface area (Å²) in [6, 6.07) is 8.24. The molecule has 0 aromatic heterocycles. The van der Waals surface area contributed by atoms with Crippen LogP contribution in [0, 0.1) is 0 Å². The molecule has 0 atom stereocenters. The first-order valence-corrected chi connectivity index (χ1v) is 9.59. The number of amides is 2. The van der Waals surface area contributed by atoms with Crippen molar-refractivity contribution in [2.75, 3.05) is 25.0 Å². The molecule has 2 heterocycles. The lowest BCUT2D eigenvalue weighted by atomic mass is 9.83. The molecule has 0 radical (unpaired) electrons. The van der Waals surface area contributed by atoms with Gasteiger partial charge in [-0.05, 0) is 49.8 Å². The highest BCUT2D eigenvalue weighted by Crippen LogP contribution is 2.46. The Labute approximate surface area is 165 Å². The van der Waals surface area contributed by atoms with Gasteiger partial charge in [0.05, 0.1) is 0 Å². The minimum Gasteiger partial charge on any atom is -0.347 e. The van der Waals surface area contributed by atoms with Gasteiger partial charge in [-0.2, -0.15) is 0 Å². The van der Waals surface area contributed by atoms with E-state index in [1.165, 1.54) is 15.4 Å². The third-order valence-corrected chi connectivity index (χ3v) is 5.83. The van der Waals surface area contributed by atoms with Gasteiger partial charge >= 0.3 is 0 Å². The molecule has 3 rings (SSSR count). The van der Waals surface area contributed by atoms with Crippen molar-refractivity contribution >= 4 is 34.8 Å². The van der Waals surface area contributed by atoms with Crippen molar-refractivity contribution in [1.82, 2.24) is 9.80 Å². The number of carbonyl (C=O) groups excluding carboxylic acids is 2. The third-order valence-electron chi connectivity index (χ3n) is 5.39. The lowest BCUT2D eigenvalue weighted by molar-refractivity contribution is -0.133. The van der Waals surface area contributed by atoms with Crippen LogP contribution in [0.5, 0.6) is 0 Å². The number of fused-ring (bicyclic) bond motifs is 1. The van der Waals surface area contributed by atoms with Gasteiger partial charge in [0.2, 0.25) is 0 Å². The average molecular weight is 384 g/mol. The summed E-state index contributed by atoms with van der Waals surface area (Å²) < 4.78 is 0. The summed E-state index contributed by atoms with van der Waals surface area (Å²) in [6.07, 6.45) is 3.54. The van der Waals surface area contributed by atoms with Gasteiger partial charge in [-0.15, -0.1) is 0 Å². The van der Waals surface area contributed by atoms with Crippen molar-refractivity contribution in [3.8, 4) is 0 Å². The van der Waals surface area contributed by atoms with Crippen LogP contribution in [-0.2, 0) is 15.0 Å². The molecule has 0 aliphatic carbocycles. The molecule has 0 N–H and O–H groups in total. The van der Waals surface area contributed by atoms with Gasteiger partial charge in [-0.3, -0.25) is 19.4 Å². The zero-order valence-corrected chi connectivity index (χ0v) is 17.3. The van der Waals surface area contributed by atoms with E-state index in [9.17, 15) is 9.59 Å². The van der Waals surface area contributed by atoms with Gasteiger partial charge in [0.15, 0.2) is 5.11 Å². The van der Waals surface area contributed by atoms with E-state index in [2.05, 4.69) is 30.9 Å². The maximum Gasteiger partial charge on any atom is 0.265 e. The van der Waals surface area contributed by atoms with E-state index in [4.69, 9.17) is 12.2 Å². The molecule has 2 aliphatic heterocycles. The highest BCUT2D eigenvalue weighted by atomic mass is 32.1. The number of para-hydroxylation sites is 1. The van der Waals surface area contributed by atoms with Crippen molar-refractivity contribution in [3.63, 3.8) is 0 Å². The Bertz CT molecular complexity index is 857. The second kappa shape index (κ2) is 6.93. The number of hydrogen-bond donors (Lipinski definition) is 0. The smallest absolute Gasteiger partial charge is 0.265 e. The Morgan fingerprint density at radius 2 is 1.56 bits per heavy atom. The van der Waals surface area contributed by atoms with Gasteiger partial charge in [0, 0.05) is 36.9 Å². The van der Waals surface area contributed by atoms with Gasteiger partial charge in [-0.25, -0.2) is 0 Å². The SMILES string of the molecule is CCN1C(=O)C(=C/C=C2\N(C)c3ccccc3C2(C)C)C(=O)N(CC)C1=S. The molecule has 2 amide bonds. The van der Waals surface area contributed by atoms with Crippen molar-refractivity contribution in [3.05, 3.63) is 53.3 Å². The highest BCUT2D eigenvalue weighted by Gasteiger charge is 2.40. The van der Waals surface area contributed by atoms with Gasteiger partial charge in [-0.1, -0.05) is 32.0 Å². The first-order chi connectivity index (χ1) is 12.8. The van der Waals surface area contributed by atoms with Crippen molar-refractivity contribution < 1.29 is 9.59 Å². The minimum absolute atomic E-state index is 0.153. The fourth-order valence-corrected chi connectivity index (χ4v) is 4.29. The first-order valence-electron chi connectivity index (χ1n) is 9.19. The van der Waals surface area contributed by atoms with Crippen molar-refractivity contribution in [2.24, 2.45) is 0 Å². The number of rotatable bonds is 3. The molecule has 1 fully saturated rings. The van der Waals surface area contributed by atoms with Crippen LogP contribution in [0.15, 0.2) is 47.7 Å². The molecule has 6 heteroatoms. The van der Waals surface area contributed by atoms with Crippen LogP contribution in [0.4, 0.5) is 5.69 Å². The monoisotopic (exact) mass is 383 g/mol. The van der Waals surface area contributed by atoms with Crippen LogP contribution >= 0.6 is 12.2 Å². The molecule has 142 valence electrons. The maximum absolute atomic E-state index is 12.8. The molecule has 2 aliphatic rings. The zero-order chi connectivity index (χ0) is 19.9. The summed E-state index contributed by atoms with van der Waals surface area (Å²) in [7, 11) is 2.01. The lowest BCUT2D eigenvalue weighted by Crippen LogP contribution is -2.55. The molecule has 27 heavy (non-hydrogen) atoms. The maximum atomic E-state index is 12.8. The number of thiocarbonyl (C=S) groups is 1. The quantitative estimate of drug-likeness (QED) is 0.457. The molecule has 1 aromatic rings. The molecule has 0 bridgehead atoms. The summed E-state index contributed by atoms with van der Waals surface area (Å²) in [5.74, 6) is -0.657. The molecular weight excluding hydrogens is 358 g/mol. The van der Waals surface area contributed by atoms with E-state index in [1.807, 2.05) is 39.1 Å². The van der Waals surface area contributed by atoms with Crippen molar-refractivity contribution in [2.45, 2.75) is 33.1 Å². The average Bonchev–Trinajstić information content (AvgIpc) is 2.83. The fourth-order valence-electron chi connectivity index (χ4n) is 3.87. The summed E-state index contributed by atoms with van der Waals surface area (Å²) in [5, 5.41) is 0.283. The zero-order valence-electron chi connectivity index (χ0n) is 16.4.